The zero-order chi connectivity index (χ0) is 23.3. The summed E-state index contributed by atoms with van der Waals surface area (Å²) in [6.07, 6.45) is 2.01. The zero-order valence-corrected chi connectivity index (χ0v) is 19.2. The average Bonchev–Trinajstić information content (AvgIpc) is 2.79. The maximum absolute atomic E-state index is 9.22. The molecule has 7 nitrogen and oxygen atoms in total. The summed E-state index contributed by atoms with van der Waals surface area (Å²) in [5.74, 6) is 0. The van der Waals surface area contributed by atoms with E-state index in [4.69, 9.17) is 4.99 Å². The van der Waals surface area contributed by atoms with Gasteiger partial charge < -0.3 is 9.45 Å². The van der Waals surface area contributed by atoms with Crippen LogP contribution in [0.4, 0.5) is 11.4 Å². The Balaban J connectivity index is 0.000000427. The number of aromatic nitrogens is 1. The standard InChI is InChI=1S/C23H22N3.CH4O4S/c1-25(2)23-15-9-6-12-20(23)24-16-19-17-10-4-7-13-21(17)26(3)22-14-8-5-11-18(19)22;1-5-6(2,3)4/h4-16H,1-3H3;1H3,(H,2,3,4)/q+1;/p-1. The third-order valence-electron chi connectivity index (χ3n) is 5.01. The molecule has 0 amide bonds. The fourth-order valence-corrected chi connectivity index (χ4v) is 3.49. The Morgan fingerprint density at radius 1 is 0.906 bits per heavy atom. The van der Waals surface area contributed by atoms with Crippen LogP contribution in [0.1, 0.15) is 5.56 Å². The molecular weight excluding hydrogens is 426 g/mol. The van der Waals surface area contributed by atoms with Crippen molar-refractivity contribution in [2.45, 2.75) is 0 Å². The minimum atomic E-state index is -4.41. The molecule has 0 aliphatic heterocycles. The molecule has 0 unspecified atom stereocenters. The topological polar surface area (TPSA) is 85.9 Å². The molecule has 0 radical (unpaired) electrons. The van der Waals surface area contributed by atoms with Crippen molar-refractivity contribution in [3.8, 4) is 0 Å². The van der Waals surface area contributed by atoms with Crippen molar-refractivity contribution in [2.75, 3.05) is 26.1 Å². The molecule has 0 saturated carbocycles. The van der Waals surface area contributed by atoms with Crippen molar-refractivity contribution >= 4 is 49.8 Å². The predicted molar refractivity (Wildman–Crippen MR) is 127 cm³/mol. The quantitative estimate of drug-likeness (QED) is 0.155. The lowest BCUT2D eigenvalue weighted by Gasteiger charge is -2.14. The van der Waals surface area contributed by atoms with Crippen molar-refractivity contribution in [2.24, 2.45) is 12.0 Å². The Kier molecular flexibility index (Phi) is 7.19. The molecule has 1 heterocycles. The first-order valence-corrected chi connectivity index (χ1v) is 11.2. The van der Waals surface area contributed by atoms with Gasteiger partial charge in [-0.3, -0.25) is 9.18 Å². The number of pyridine rings is 1. The second-order valence-corrected chi connectivity index (χ2v) is 8.37. The fraction of sp³-hybridized carbons (Fsp3) is 0.167. The summed E-state index contributed by atoms with van der Waals surface area (Å²) in [6.45, 7) is 0. The van der Waals surface area contributed by atoms with Gasteiger partial charge in [0.1, 0.15) is 7.05 Å². The Morgan fingerprint density at radius 3 is 1.88 bits per heavy atom. The number of hydrogen-bond acceptors (Lipinski definition) is 6. The number of hydrogen-bond donors (Lipinski definition) is 0. The van der Waals surface area contributed by atoms with Gasteiger partial charge in [0, 0.05) is 38.0 Å². The van der Waals surface area contributed by atoms with Crippen molar-refractivity contribution in [3.05, 3.63) is 78.4 Å². The van der Waals surface area contributed by atoms with Crippen molar-refractivity contribution in [3.63, 3.8) is 0 Å². The normalized spacial score (nSPS) is 11.5. The van der Waals surface area contributed by atoms with E-state index >= 15 is 0 Å². The maximum Gasteiger partial charge on any atom is 0.217 e. The average molecular weight is 452 g/mol. The maximum atomic E-state index is 9.22. The largest absolute Gasteiger partial charge is 0.726 e. The van der Waals surface area contributed by atoms with Gasteiger partial charge in [0.05, 0.1) is 29.3 Å². The summed E-state index contributed by atoms with van der Waals surface area (Å²) in [5, 5.41) is 2.42. The Morgan fingerprint density at radius 2 is 1.38 bits per heavy atom. The highest BCUT2D eigenvalue weighted by Gasteiger charge is 2.16. The van der Waals surface area contributed by atoms with Crippen LogP contribution in [0.15, 0.2) is 77.8 Å². The van der Waals surface area contributed by atoms with Crippen LogP contribution in [0.5, 0.6) is 0 Å². The molecule has 32 heavy (non-hydrogen) atoms. The summed E-state index contributed by atoms with van der Waals surface area (Å²) in [6, 6.07) is 25.2. The van der Waals surface area contributed by atoms with Crippen molar-refractivity contribution < 1.29 is 21.7 Å². The fourth-order valence-electron chi connectivity index (χ4n) is 3.49. The highest BCUT2D eigenvalue weighted by atomic mass is 32.3. The molecule has 166 valence electrons. The van der Waals surface area contributed by atoms with Crippen LogP contribution >= 0.6 is 0 Å². The first-order chi connectivity index (χ1) is 15.2. The zero-order valence-electron chi connectivity index (χ0n) is 18.4. The van der Waals surface area contributed by atoms with Crippen LogP contribution in [0, 0.1) is 0 Å². The first kappa shape index (κ1) is 23.3. The lowest BCUT2D eigenvalue weighted by atomic mass is 10.0. The van der Waals surface area contributed by atoms with Gasteiger partial charge in [-0.15, -0.1) is 0 Å². The number of nitrogens with zero attached hydrogens (tertiary/aromatic N) is 3. The SMILES string of the molecule is CN(C)c1ccccc1N=Cc1c2ccccc2[n+](C)c2ccccc12.COS(=O)(=O)[O-]. The van der Waals surface area contributed by atoms with Crippen LogP contribution in [0.3, 0.4) is 0 Å². The highest BCUT2D eigenvalue weighted by molar-refractivity contribution is 7.80. The molecule has 0 bridgehead atoms. The van der Waals surface area contributed by atoms with E-state index in [-0.39, 0.29) is 0 Å². The number of anilines is 1. The van der Waals surface area contributed by atoms with Crippen LogP contribution in [-0.2, 0) is 21.6 Å². The second-order valence-electron chi connectivity index (χ2n) is 7.22. The molecule has 0 aliphatic rings. The summed E-state index contributed by atoms with van der Waals surface area (Å²) < 4.78 is 33.3. The van der Waals surface area contributed by atoms with Gasteiger partial charge in [0.2, 0.25) is 21.4 Å². The monoisotopic (exact) mass is 451 g/mol. The summed E-state index contributed by atoms with van der Waals surface area (Å²) in [4.78, 5) is 6.94. The first-order valence-electron chi connectivity index (χ1n) is 9.84. The summed E-state index contributed by atoms with van der Waals surface area (Å²) in [5.41, 5.74) is 5.64. The molecule has 1 aromatic heterocycles. The van der Waals surface area contributed by atoms with E-state index in [1.807, 2.05) is 32.4 Å². The predicted octanol–water partition coefficient (Wildman–Crippen LogP) is 3.73. The van der Waals surface area contributed by atoms with E-state index < -0.39 is 10.4 Å². The molecule has 0 N–H and O–H groups in total. The van der Waals surface area contributed by atoms with Crippen molar-refractivity contribution in [1.29, 1.82) is 0 Å². The lowest BCUT2D eigenvalue weighted by molar-refractivity contribution is -0.617. The number of rotatable bonds is 4. The van der Waals surface area contributed by atoms with E-state index in [9.17, 15) is 13.0 Å². The minimum absolute atomic E-state index is 0.808. The second kappa shape index (κ2) is 9.86. The van der Waals surface area contributed by atoms with E-state index in [1.54, 1.807) is 0 Å². The van der Waals surface area contributed by atoms with Gasteiger partial charge in [0.15, 0.2) is 0 Å². The Labute approximate surface area is 188 Å². The molecule has 0 saturated heterocycles. The van der Waals surface area contributed by atoms with E-state index in [1.165, 1.54) is 21.8 Å². The van der Waals surface area contributed by atoms with Crippen LogP contribution in [0.25, 0.3) is 21.8 Å². The lowest BCUT2D eigenvalue weighted by Crippen LogP contribution is -2.30. The molecule has 0 atom stereocenters. The van der Waals surface area contributed by atoms with Gasteiger partial charge in [-0.05, 0) is 24.3 Å². The smallest absolute Gasteiger partial charge is 0.217 e. The Hall–Kier alpha value is -3.33. The number of aryl methyl sites for hydroxylation is 1. The van der Waals surface area contributed by atoms with E-state index in [0.29, 0.717) is 0 Å². The van der Waals surface area contributed by atoms with Gasteiger partial charge in [-0.2, -0.15) is 4.57 Å². The summed E-state index contributed by atoms with van der Waals surface area (Å²) >= 11 is 0. The molecule has 4 aromatic rings. The van der Waals surface area contributed by atoms with Crippen LogP contribution in [0.2, 0.25) is 0 Å². The number of aliphatic imine (C=N–C) groups is 1. The van der Waals surface area contributed by atoms with Gasteiger partial charge in [-0.1, -0.05) is 36.4 Å². The molecule has 8 heteroatoms. The third kappa shape index (κ3) is 5.28. The number of fused-ring (bicyclic) bond motifs is 2. The molecule has 4 rings (SSSR count). The molecule has 0 spiro atoms. The Bertz CT molecular complexity index is 1330. The molecule has 0 aliphatic carbocycles. The minimum Gasteiger partial charge on any atom is -0.726 e. The number of para-hydroxylation sites is 4. The summed E-state index contributed by atoms with van der Waals surface area (Å²) in [7, 11) is 2.60. The third-order valence-corrected chi connectivity index (χ3v) is 5.42. The number of benzene rings is 3. The van der Waals surface area contributed by atoms with Crippen molar-refractivity contribution in [1.82, 2.24) is 0 Å². The van der Waals surface area contributed by atoms with Crippen LogP contribution in [-0.4, -0.2) is 40.4 Å². The van der Waals surface area contributed by atoms with Gasteiger partial charge in [-0.25, -0.2) is 8.42 Å². The van der Waals surface area contributed by atoms with E-state index in [0.717, 1.165) is 24.0 Å². The van der Waals surface area contributed by atoms with E-state index in [2.05, 4.69) is 81.4 Å². The van der Waals surface area contributed by atoms with Gasteiger partial charge in [0.25, 0.3) is 0 Å². The van der Waals surface area contributed by atoms with Gasteiger partial charge >= 0.3 is 0 Å². The molecular formula is C24H25N3O4S. The molecule has 3 aromatic carbocycles. The highest BCUT2D eigenvalue weighted by Crippen LogP contribution is 2.28. The molecule has 0 fully saturated rings. The van der Waals surface area contributed by atoms with Crippen LogP contribution < -0.4 is 9.47 Å².